The predicted molar refractivity (Wildman–Crippen MR) is 68.5 cm³/mol. The molecule has 1 atom stereocenters. The van der Waals surface area contributed by atoms with Crippen LogP contribution in [0.25, 0.3) is 0 Å². The fraction of sp³-hybridized carbons (Fsp3) is 0.667. The van der Waals surface area contributed by atoms with E-state index in [1.807, 2.05) is 0 Å². The maximum atomic E-state index is 2.45. The highest BCUT2D eigenvalue weighted by Gasteiger charge is 2.20. The summed E-state index contributed by atoms with van der Waals surface area (Å²) < 4.78 is 0. The molecule has 0 aromatic rings. The summed E-state index contributed by atoms with van der Waals surface area (Å²) in [5.41, 5.74) is 3.03. The molecule has 1 aliphatic rings. The molecule has 0 saturated heterocycles. The van der Waals surface area contributed by atoms with E-state index < -0.39 is 0 Å². The minimum Gasteiger partial charge on any atom is -0.0771 e. The molecule has 0 amide bonds. The van der Waals surface area contributed by atoms with Crippen molar-refractivity contribution >= 4 is 0 Å². The number of hydrogen-bond acceptors (Lipinski definition) is 0. The normalized spacial score (nSPS) is 22.3. The molecule has 1 unspecified atom stereocenters. The van der Waals surface area contributed by atoms with Gasteiger partial charge in [0.1, 0.15) is 0 Å². The average molecular weight is 205 g/mol. The van der Waals surface area contributed by atoms with Crippen LogP contribution in [0.1, 0.15) is 41.5 Å². The van der Waals surface area contributed by atoms with Gasteiger partial charge in [-0.05, 0) is 35.7 Å². The first-order valence-electron chi connectivity index (χ1n) is 6.20. The lowest BCUT2D eigenvalue weighted by atomic mass is 9.78. The van der Waals surface area contributed by atoms with Gasteiger partial charge in [0, 0.05) is 0 Å². The zero-order chi connectivity index (χ0) is 11.6. The van der Waals surface area contributed by atoms with Crippen molar-refractivity contribution in [3.63, 3.8) is 0 Å². The highest BCUT2D eigenvalue weighted by molar-refractivity contribution is 5.37. The van der Waals surface area contributed by atoms with Crippen LogP contribution in [0.2, 0.25) is 0 Å². The molecule has 1 radical (unpaired) electrons. The first kappa shape index (κ1) is 12.5. The first-order chi connectivity index (χ1) is 6.91. The van der Waals surface area contributed by atoms with Crippen LogP contribution >= 0.6 is 0 Å². The van der Waals surface area contributed by atoms with Crippen LogP contribution in [-0.4, -0.2) is 0 Å². The molecule has 0 spiro atoms. The molecule has 0 heterocycles. The van der Waals surface area contributed by atoms with Crippen molar-refractivity contribution in [3.05, 3.63) is 29.7 Å². The SMILES string of the molecule is CC(C)C1=CC(C(C)C)=CC(C(C)C)[CH]1. The number of hydrogen-bond donors (Lipinski definition) is 0. The zero-order valence-corrected chi connectivity index (χ0v) is 11.0. The van der Waals surface area contributed by atoms with E-state index in [0.717, 1.165) is 0 Å². The number of rotatable bonds is 3. The van der Waals surface area contributed by atoms with Crippen LogP contribution in [0, 0.1) is 30.1 Å². The van der Waals surface area contributed by atoms with E-state index in [2.05, 4.69) is 60.1 Å². The van der Waals surface area contributed by atoms with Crippen molar-refractivity contribution in [3.8, 4) is 0 Å². The topological polar surface area (TPSA) is 0 Å². The Hall–Kier alpha value is -0.520. The summed E-state index contributed by atoms with van der Waals surface area (Å²) in [6, 6.07) is 0. The third-order valence-electron chi connectivity index (χ3n) is 3.21. The fourth-order valence-corrected chi connectivity index (χ4v) is 1.88. The van der Waals surface area contributed by atoms with Gasteiger partial charge in [-0.15, -0.1) is 0 Å². The van der Waals surface area contributed by atoms with Crippen LogP contribution < -0.4 is 0 Å². The molecule has 0 nitrogen and oxygen atoms in total. The van der Waals surface area contributed by atoms with E-state index in [0.29, 0.717) is 23.7 Å². The third-order valence-corrected chi connectivity index (χ3v) is 3.21. The van der Waals surface area contributed by atoms with Gasteiger partial charge >= 0.3 is 0 Å². The van der Waals surface area contributed by atoms with Crippen LogP contribution in [0.4, 0.5) is 0 Å². The van der Waals surface area contributed by atoms with E-state index in [9.17, 15) is 0 Å². The molecular weight excluding hydrogens is 180 g/mol. The summed E-state index contributed by atoms with van der Waals surface area (Å²) in [6.45, 7) is 13.7. The molecule has 1 aliphatic carbocycles. The third kappa shape index (κ3) is 3.22. The maximum absolute atomic E-state index is 2.45. The highest BCUT2D eigenvalue weighted by Crippen LogP contribution is 2.33. The molecule has 0 bridgehead atoms. The molecule has 1 rings (SSSR count). The van der Waals surface area contributed by atoms with Crippen molar-refractivity contribution in [1.82, 2.24) is 0 Å². The molecule has 0 fully saturated rings. The molecule has 85 valence electrons. The van der Waals surface area contributed by atoms with Crippen molar-refractivity contribution < 1.29 is 0 Å². The predicted octanol–water partition coefficient (Wildman–Crippen LogP) is 4.64. The Kier molecular flexibility index (Phi) is 4.19. The van der Waals surface area contributed by atoms with Gasteiger partial charge in [0.15, 0.2) is 0 Å². The van der Waals surface area contributed by atoms with Gasteiger partial charge in [0.2, 0.25) is 0 Å². The molecule has 0 aromatic heterocycles. The lowest BCUT2D eigenvalue weighted by molar-refractivity contribution is 0.504. The van der Waals surface area contributed by atoms with E-state index in [1.165, 1.54) is 11.1 Å². The molecular formula is C15H25. The van der Waals surface area contributed by atoms with Crippen LogP contribution in [-0.2, 0) is 0 Å². The Morgan fingerprint density at radius 3 is 1.80 bits per heavy atom. The summed E-state index contributed by atoms with van der Waals surface area (Å²) in [6.07, 6.45) is 7.27. The lowest BCUT2D eigenvalue weighted by Crippen LogP contribution is -2.16. The van der Waals surface area contributed by atoms with Gasteiger partial charge in [-0.3, -0.25) is 0 Å². The average Bonchev–Trinajstić information content (AvgIpc) is 2.16. The van der Waals surface area contributed by atoms with Gasteiger partial charge in [-0.25, -0.2) is 0 Å². The molecule has 0 aromatic carbocycles. The van der Waals surface area contributed by atoms with E-state index >= 15 is 0 Å². The molecule has 0 saturated carbocycles. The van der Waals surface area contributed by atoms with Gasteiger partial charge in [-0.2, -0.15) is 0 Å². The van der Waals surface area contributed by atoms with Crippen LogP contribution in [0.5, 0.6) is 0 Å². The quantitative estimate of drug-likeness (QED) is 0.629. The largest absolute Gasteiger partial charge is 0.0771 e. The Labute approximate surface area is 95.5 Å². The second kappa shape index (κ2) is 5.01. The van der Waals surface area contributed by atoms with Gasteiger partial charge in [0.25, 0.3) is 0 Å². The summed E-state index contributed by atoms with van der Waals surface area (Å²) >= 11 is 0. The Balaban J connectivity index is 2.92. The van der Waals surface area contributed by atoms with Crippen LogP contribution in [0.3, 0.4) is 0 Å². The molecule has 0 heteroatoms. The van der Waals surface area contributed by atoms with E-state index in [1.54, 1.807) is 0 Å². The molecule has 0 aliphatic heterocycles. The Bertz CT molecular complexity index is 264. The van der Waals surface area contributed by atoms with Gasteiger partial charge in [0.05, 0.1) is 0 Å². The monoisotopic (exact) mass is 205 g/mol. The summed E-state index contributed by atoms with van der Waals surface area (Å²) in [4.78, 5) is 0. The lowest BCUT2D eigenvalue weighted by Gasteiger charge is -2.27. The Morgan fingerprint density at radius 2 is 1.40 bits per heavy atom. The summed E-state index contributed by atoms with van der Waals surface area (Å²) in [5.74, 6) is 2.63. The van der Waals surface area contributed by atoms with Crippen molar-refractivity contribution in [2.24, 2.45) is 23.7 Å². The van der Waals surface area contributed by atoms with Gasteiger partial charge in [-0.1, -0.05) is 59.3 Å². The molecule has 15 heavy (non-hydrogen) atoms. The summed E-state index contributed by atoms with van der Waals surface area (Å²) in [7, 11) is 0. The zero-order valence-electron chi connectivity index (χ0n) is 11.0. The minimum atomic E-state index is 0.629. The standard InChI is InChI=1S/C15H25/c1-10(2)13-7-14(11(3)4)9-15(8-13)12(5)6/h7-13H,1-6H3. The fourth-order valence-electron chi connectivity index (χ4n) is 1.88. The van der Waals surface area contributed by atoms with Gasteiger partial charge < -0.3 is 0 Å². The van der Waals surface area contributed by atoms with Crippen molar-refractivity contribution in [1.29, 1.82) is 0 Å². The highest BCUT2D eigenvalue weighted by atomic mass is 14.3. The second-order valence-electron chi connectivity index (χ2n) is 5.61. The number of allylic oxidation sites excluding steroid dienone is 4. The van der Waals surface area contributed by atoms with E-state index in [4.69, 9.17) is 0 Å². The molecule has 0 N–H and O–H groups in total. The Morgan fingerprint density at radius 1 is 0.867 bits per heavy atom. The van der Waals surface area contributed by atoms with Crippen molar-refractivity contribution in [2.75, 3.05) is 0 Å². The van der Waals surface area contributed by atoms with Crippen LogP contribution in [0.15, 0.2) is 23.3 Å². The maximum Gasteiger partial charge on any atom is -0.00602 e. The first-order valence-corrected chi connectivity index (χ1v) is 6.20. The summed E-state index contributed by atoms with van der Waals surface area (Å²) in [5, 5.41) is 0. The van der Waals surface area contributed by atoms with E-state index in [-0.39, 0.29) is 0 Å². The van der Waals surface area contributed by atoms with Crippen molar-refractivity contribution in [2.45, 2.75) is 41.5 Å². The minimum absolute atomic E-state index is 0.629. The smallest absolute Gasteiger partial charge is 0.00602 e. The second-order valence-corrected chi connectivity index (χ2v) is 5.61.